The van der Waals surface area contributed by atoms with Crippen molar-refractivity contribution in [2.24, 2.45) is 23.2 Å². The zero-order valence-corrected chi connectivity index (χ0v) is 19.5. The number of carbonyl (C=O) groups is 2. The number of hydrogen-bond acceptors (Lipinski definition) is 3. The number of carbonyl (C=O) groups excluding carboxylic acids is 2. The Balaban J connectivity index is 1.16. The van der Waals surface area contributed by atoms with Crippen LogP contribution in [0.25, 0.3) is 0 Å². The predicted molar refractivity (Wildman–Crippen MR) is 124 cm³/mol. The highest BCUT2D eigenvalue weighted by atomic mass is 32.2. The molecule has 0 N–H and O–H groups in total. The van der Waals surface area contributed by atoms with E-state index in [2.05, 4.69) is 16.7 Å². The Labute approximate surface area is 190 Å². The number of thioether (sulfide) groups is 1. The molecule has 4 saturated carbocycles. The second-order valence-corrected chi connectivity index (χ2v) is 12.6. The highest BCUT2D eigenvalue weighted by Gasteiger charge is 2.56. The normalized spacial score (nSPS) is 35.7. The van der Waals surface area contributed by atoms with Crippen LogP contribution in [0.5, 0.6) is 0 Å². The predicted octanol–water partition coefficient (Wildman–Crippen LogP) is 4.72. The summed E-state index contributed by atoms with van der Waals surface area (Å²) in [5, 5.41) is 0. The Morgan fingerprint density at radius 2 is 1.48 bits per heavy atom. The number of nitrogens with zero attached hydrogens (tertiary/aromatic N) is 2. The highest BCUT2D eigenvalue weighted by Crippen LogP contribution is 2.61. The molecule has 0 unspecified atom stereocenters. The first-order valence-electron chi connectivity index (χ1n) is 12.3. The summed E-state index contributed by atoms with van der Waals surface area (Å²) in [6, 6.07) is 7.96. The van der Waals surface area contributed by atoms with E-state index in [1.165, 1.54) is 24.8 Å². The highest BCUT2D eigenvalue weighted by molar-refractivity contribution is 8.00. The minimum Gasteiger partial charge on any atom is -0.342 e. The van der Waals surface area contributed by atoms with Gasteiger partial charge in [0.2, 0.25) is 5.91 Å². The Morgan fingerprint density at radius 1 is 0.903 bits per heavy atom. The van der Waals surface area contributed by atoms with Gasteiger partial charge in [-0.3, -0.25) is 9.59 Å². The molecule has 0 atom stereocenters. The molecule has 4 nitrogen and oxygen atoms in total. The van der Waals surface area contributed by atoms with Crippen LogP contribution < -0.4 is 0 Å². The van der Waals surface area contributed by atoms with Crippen molar-refractivity contribution >= 4 is 23.6 Å². The van der Waals surface area contributed by atoms with Gasteiger partial charge in [0.05, 0.1) is 10.3 Å². The number of rotatable bonds is 2. The van der Waals surface area contributed by atoms with Crippen molar-refractivity contribution in [3.8, 4) is 0 Å². The summed E-state index contributed by atoms with van der Waals surface area (Å²) in [7, 11) is 0. The summed E-state index contributed by atoms with van der Waals surface area (Å²) in [6.07, 6.45) is 9.39. The molecule has 1 aromatic carbocycles. The maximum absolute atomic E-state index is 13.8. The Morgan fingerprint density at radius 3 is 2.06 bits per heavy atom. The fourth-order valence-electron chi connectivity index (χ4n) is 7.93. The quantitative estimate of drug-likeness (QED) is 0.671. The Kier molecular flexibility index (Phi) is 4.72. The number of hydrogen-bond donors (Lipinski definition) is 0. The largest absolute Gasteiger partial charge is 0.342 e. The molecule has 5 heteroatoms. The number of aryl methyl sites for hydroxylation is 1. The lowest BCUT2D eigenvalue weighted by Crippen LogP contribution is -2.58. The smallest absolute Gasteiger partial charge is 0.254 e. The van der Waals surface area contributed by atoms with E-state index in [9.17, 15) is 9.59 Å². The van der Waals surface area contributed by atoms with Gasteiger partial charge in [-0.15, -0.1) is 11.8 Å². The van der Waals surface area contributed by atoms with Gasteiger partial charge in [0.1, 0.15) is 0 Å². The van der Waals surface area contributed by atoms with E-state index in [0.29, 0.717) is 5.91 Å². The van der Waals surface area contributed by atoms with Gasteiger partial charge in [-0.2, -0.15) is 0 Å². The molecular formula is C26H34N2O2S. The molecule has 1 spiro atoms. The van der Waals surface area contributed by atoms with Crippen molar-refractivity contribution in [3.05, 3.63) is 35.4 Å². The fraction of sp³-hybridized carbons (Fsp3) is 0.692. The number of benzene rings is 1. The summed E-state index contributed by atoms with van der Waals surface area (Å²) >= 11 is 1.94. The average molecular weight is 439 g/mol. The minimum atomic E-state index is -0.125. The second-order valence-electron chi connectivity index (χ2n) is 11.1. The lowest BCUT2D eigenvalue weighted by atomic mass is 9.49. The van der Waals surface area contributed by atoms with Crippen LogP contribution in [0.4, 0.5) is 0 Å². The third-order valence-corrected chi connectivity index (χ3v) is 10.6. The van der Waals surface area contributed by atoms with E-state index in [-0.39, 0.29) is 16.2 Å². The molecule has 0 aromatic heterocycles. The van der Waals surface area contributed by atoms with E-state index in [1.807, 2.05) is 36.0 Å². The summed E-state index contributed by atoms with van der Waals surface area (Å²) in [5.41, 5.74) is 1.93. The lowest BCUT2D eigenvalue weighted by molar-refractivity contribution is -0.159. The topological polar surface area (TPSA) is 40.6 Å². The molecule has 4 aliphatic carbocycles. The molecule has 2 aliphatic heterocycles. The fourth-order valence-corrected chi connectivity index (χ4v) is 9.38. The first kappa shape index (κ1) is 20.1. The first-order valence-corrected chi connectivity index (χ1v) is 13.3. The van der Waals surface area contributed by atoms with Crippen molar-refractivity contribution in [2.75, 3.05) is 25.4 Å². The van der Waals surface area contributed by atoms with Crippen molar-refractivity contribution in [2.45, 2.75) is 63.2 Å². The number of amides is 2. The van der Waals surface area contributed by atoms with E-state index in [0.717, 1.165) is 80.8 Å². The number of piperidine rings is 1. The third kappa shape index (κ3) is 3.25. The monoisotopic (exact) mass is 438 g/mol. The van der Waals surface area contributed by atoms with Crippen molar-refractivity contribution in [1.82, 2.24) is 9.80 Å². The number of likely N-dealkylation sites (tertiary alicyclic amines) is 1. The van der Waals surface area contributed by atoms with Gasteiger partial charge in [0.15, 0.2) is 0 Å². The minimum absolute atomic E-state index is 0.0422. The van der Waals surface area contributed by atoms with Crippen molar-refractivity contribution in [1.29, 1.82) is 0 Å². The van der Waals surface area contributed by atoms with Crippen LogP contribution in [0.2, 0.25) is 0 Å². The molecule has 6 aliphatic rings. The zero-order valence-electron chi connectivity index (χ0n) is 18.6. The van der Waals surface area contributed by atoms with E-state index in [4.69, 9.17) is 0 Å². The van der Waals surface area contributed by atoms with Gasteiger partial charge in [0, 0.05) is 31.0 Å². The first-order chi connectivity index (χ1) is 15.0. The molecule has 31 heavy (non-hydrogen) atoms. The molecule has 2 saturated heterocycles. The molecule has 0 radical (unpaired) electrons. The lowest BCUT2D eigenvalue weighted by Gasteiger charge is -2.57. The second kappa shape index (κ2) is 7.26. The summed E-state index contributed by atoms with van der Waals surface area (Å²) < 4.78 is 0. The SMILES string of the molecule is Cc1ccc(C(=O)N2CCSC23CCN(C(=O)C24CC5CC(CC(C5)C2)C4)CC3)cc1. The molecule has 6 fully saturated rings. The Bertz CT molecular complexity index is 852. The van der Waals surface area contributed by atoms with Crippen LogP contribution >= 0.6 is 11.8 Å². The van der Waals surface area contributed by atoms with Crippen LogP contribution in [0.1, 0.15) is 67.3 Å². The van der Waals surface area contributed by atoms with Crippen LogP contribution in [-0.4, -0.2) is 51.9 Å². The molecule has 4 bridgehead atoms. The summed E-state index contributed by atoms with van der Waals surface area (Å²) in [4.78, 5) is 31.3. The standard InChI is InChI=1S/C26H34N2O2S/c1-18-2-4-22(5-3-18)23(29)28-10-11-31-26(28)6-8-27(9-7-26)24(30)25-15-19-12-20(16-25)14-21(13-19)17-25/h2-5,19-21H,6-17H2,1H3. The third-order valence-electron chi connectivity index (χ3n) is 9.05. The van der Waals surface area contributed by atoms with E-state index < -0.39 is 0 Å². The van der Waals surface area contributed by atoms with Gasteiger partial charge >= 0.3 is 0 Å². The van der Waals surface area contributed by atoms with Gasteiger partial charge in [-0.05, 0) is 88.2 Å². The zero-order chi connectivity index (χ0) is 21.2. The van der Waals surface area contributed by atoms with Gasteiger partial charge < -0.3 is 9.80 Å². The van der Waals surface area contributed by atoms with Crippen LogP contribution in [0.3, 0.4) is 0 Å². The molecule has 166 valence electrons. The molecule has 2 heterocycles. The van der Waals surface area contributed by atoms with Crippen molar-refractivity contribution < 1.29 is 9.59 Å². The summed E-state index contributed by atoms with van der Waals surface area (Å²) in [5.74, 6) is 4.03. The average Bonchev–Trinajstić information content (AvgIpc) is 3.16. The molecule has 2 amide bonds. The molecule has 7 rings (SSSR count). The molecule has 1 aromatic rings. The van der Waals surface area contributed by atoms with Gasteiger partial charge in [-0.1, -0.05) is 17.7 Å². The maximum Gasteiger partial charge on any atom is 0.254 e. The Hall–Kier alpha value is -1.49. The molecular weight excluding hydrogens is 404 g/mol. The van der Waals surface area contributed by atoms with E-state index >= 15 is 0 Å². The summed E-state index contributed by atoms with van der Waals surface area (Å²) in [6.45, 7) is 4.49. The van der Waals surface area contributed by atoms with Crippen molar-refractivity contribution in [3.63, 3.8) is 0 Å². The van der Waals surface area contributed by atoms with Crippen LogP contribution in [0.15, 0.2) is 24.3 Å². The van der Waals surface area contributed by atoms with E-state index in [1.54, 1.807) is 0 Å². The van der Waals surface area contributed by atoms with Crippen LogP contribution in [-0.2, 0) is 4.79 Å². The van der Waals surface area contributed by atoms with Crippen LogP contribution in [0, 0.1) is 30.1 Å². The van der Waals surface area contributed by atoms with Gasteiger partial charge in [0.25, 0.3) is 5.91 Å². The van der Waals surface area contributed by atoms with Gasteiger partial charge in [-0.25, -0.2) is 0 Å². The maximum atomic E-state index is 13.8.